The van der Waals surface area contributed by atoms with Crippen molar-refractivity contribution in [2.75, 3.05) is 6.54 Å². The van der Waals surface area contributed by atoms with Gasteiger partial charge in [0.25, 0.3) is 21.8 Å². The molecule has 2 amide bonds. The molecule has 188 valence electrons. The van der Waals surface area contributed by atoms with Gasteiger partial charge in [-0.1, -0.05) is 19.8 Å². The minimum atomic E-state index is -4.18. The van der Waals surface area contributed by atoms with Gasteiger partial charge < -0.3 is 14.8 Å². The van der Waals surface area contributed by atoms with Gasteiger partial charge in [-0.25, -0.2) is 22.9 Å². The molecule has 35 heavy (non-hydrogen) atoms. The molecule has 0 aliphatic heterocycles. The average Bonchev–Trinajstić information content (AvgIpc) is 2.85. The Morgan fingerprint density at radius 1 is 0.971 bits per heavy atom. The van der Waals surface area contributed by atoms with Crippen LogP contribution < -0.4 is 14.8 Å². The van der Waals surface area contributed by atoms with E-state index in [1.54, 1.807) is 0 Å². The van der Waals surface area contributed by atoms with Crippen LogP contribution in [0.1, 0.15) is 72.6 Å². The van der Waals surface area contributed by atoms with Crippen LogP contribution in [0, 0.1) is 0 Å². The van der Waals surface area contributed by atoms with Crippen LogP contribution in [0.15, 0.2) is 47.5 Å². The highest BCUT2D eigenvalue weighted by molar-refractivity contribution is 7.90. The van der Waals surface area contributed by atoms with Gasteiger partial charge in [0.1, 0.15) is 6.10 Å². The highest BCUT2D eigenvalue weighted by Crippen LogP contribution is 2.21. The van der Waals surface area contributed by atoms with Crippen LogP contribution in [-0.2, 0) is 14.8 Å². The van der Waals surface area contributed by atoms with Crippen molar-refractivity contribution >= 4 is 28.0 Å². The zero-order chi connectivity index (χ0) is 25.3. The molecule has 0 unspecified atom stereocenters. The lowest BCUT2D eigenvalue weighted by molar-refractivity contribution is 0.0407. The zero-order valence-electron chi connectivity index (χ0n) is 19.5. The molecule has 0 bridgehead atoms. The summed E-state index contributed by atoms with van der Waals surface area (Å²) in [5, 5.41) is 2.74. The number of amides is 2. The summed E-state index contributed by atoms with van der Waals surface area (Å²) in [4.78, 5) is 40.1. The first-order valence-electron chi connectivity index (χ1n) is 11.6. The lowest BCUT2D eigenvalue weighted by atomic mass is 9.98. The number of carbonyl (C=O) groups is 3. The lowest BCUT2D eigenvalue weighted by Crippen LogP contribution is -2.31. The molecule has 11 heteroatoms. The van der Waals surface area contributed by atoms with E-state index in [9.17, 15) is 22.8 Å². The van der Waals surface area contributed by atoms with Crippen molar-refractivity contribution < 1.29 is 32.3 Å². The number of ether oxygens (including phenoxy) is 2. The van der Waals surface area contributed by atoms with E-state index < -0.39 is 22.1 Å². The average molecular weight is 504 g/mol. The number of pyridine rings is 1. The molecule has 0 spiro atoms. The molecule has 1 aromatic heterocycles. The molecule has 1 aliphatic rings. The van der Waals surface area contributed by atoms with E-state index >= 15 is 0 Å². The second kappa shape index (κ2) is 12.3. The number of sulfonamides is 1. The molecule has 1 aliphatic carbocycles. The monoisotopic (exact) mass is 503 g/mol. The molecule has 1 saturated carbocycles. The third-order valence-corrected chi connectivity index (χ3v) is 6.82. The molecule has 0 radical (unpaired) electrons. The number of benzene rings is 1. The first-order chi connectivity index (χ1) is 16.8. The second-order valence-electron chi connectivity index (χ2n) is 8.18. The van der Waals surface area contributed by atoms with E-state index in [1.165, 1.54) is 36.4 Å². The summed E-state index contributed by atoms with van der Waals surface area (Å²) in [5.41, 5.74) is 0.265. The van der Waals surface area contributed by atoms with Gasteiger partial charge in [0.05, 0.1) is 10.5 Å². The molecular weight excluding hydrogens is 474 g/mol. The van der Waals surface area contributed by atoms with E-state index in [0.29, 0.717) is 12.1 Å². The summed E-state index contributed by atoms with van der Waals surface area (Å²) in [6.45, 7) is 2.54. The number of hydrogen-bond donors (Lipinski definition) is 2. The van der Waals surface area contributed by atoms with Gasteiger partial charge in [-0.15, -0.1) is 0 Å². The zero-order valence-corrected chi connectivity index (χ0v) is 20.3. The summed E-state index contributed by atoms with van der Waals surface area (Å²) in [7, 11) is -4.18. The highest BCUT2D eigenvalue weighted by atomic mass is 32.2. The van der Waals surface area contributed by atoms with Crippen LogP contribution in [0.2, 0.25) is 0 Å². The quantitative estimate of drug-likeness (QED) is 0.391. The van der Waals surface area contributed by atoms with Gasteiger partial charge in [0, 0.05) is 24.4 Å². The standard InChI is InChI=1S/C24H29N3O7S/c1-2-3-15-25-22(28)17-9-12-20(13-10-17)35(31,32)27-23(29)18-11-14-21(26-16-18)34-24(30)33-19-7-5-4-6-8-19/h9-14,16,19H,2-8,15H2,1H3,(H,25,28)(H,27,29). The predicted molar refractivity (Wildman–Crippen MR) is 127 cm³/mol. The Bertz CT molecular complexity index is 1130. The van der Waals surface area contributed by atoms with E-state index in [1.807, 2.05) is 11.6 Å². The maximum Gasteiger partial charge on any atom is 0.515 e. The topological polar surface area (TPSA) is 141 Å². The molecule has 2 aromatic rings. The molecule has 10 nitrogen and oxygen atoms in total. The van der Waals surface area contributed by atoms with Gasteiger partial charge in [0.2, 0.25) is 5.88 Å². The van der Waals surface area contributed by atoms with Crippen LogP contribution >= 0.6 is 0 Å². The fraction of sp³-hybridized carbons (Fsp3) is 0.417. The largest absolute Gasteiger partial charge is 0.515 e. The van der Waals surface area contributed by atoms with Crippen molar-refractivity contribution in [2.45, 2.75) is 62.9 Å². The van der Waals surface area contributed by atoms with E-state index in [4.69, 9.17) is 9.47 Å². The van der Waals surface area contributed by atoms with Crippen LogP contribution in [-0.4, -0.2) is 44.0 Å². The molecule has 2 N–H and O–H groups in total. The maximum atomic E-state index is 12.6. The maximum absolute atomic E-state index is 12.6. The molecular formula is C24H29N3O7S. The first-order valence-corrected chi connectivity index (χ1v) is 13.1. The van der Waals surface area contributed by atoms with Crippen molar-refractivity contribution in [2.24, 2.45) is 0 Å². The molecule has 1 aromatic carbocycles. The Morgan fingerprint density at radius 3 is 2.29 bits per heavy atom. The van der Waals surface area contributed by atoms with Gasteiger partial charge in [0.15, 0.2) is 0 Å². The molecule has 3 rings (SSSR count). The molecule has 1 fully saturated rings. The Labute approximate surface area is 204 Å². The SMILES string of the molecule is CCCCNC(=O)c1ccc(S(=O)(=O)NC(=O)c2ccc(OC(=O)OC3CCCCC3)nc2)cc1. The summed E-state index contributed by atoms with van der Waals surface area (Å²) in [6.07, 6.45) is 6.56. The fourth-order valence-corrected chi connectivity index (χ4v) is 4.48. The number of nitrogens with zero attached hydrogens (tertiary/aromatic N) is 1. The molecule has 1 heterocycles. The van der Waals surface area contributed by atoms with Gasteiger partial charge in [-0.05, 0) is 62.4 Å². The third-order valence-electron chi connectivity index (χ3n) is 5.47. The van der Waals surface area contributed by atoms with E-state index in [0.717, 1.165) is 51.1 Å². The summed E-state index contributed by atoms with van der Waals surface area (Å²) >= 11 is 0. The van der Waals surface area contributed by atoms with Crippen molar-refractivity contribution in [3.05, 3.63) is 53.7 Å². The molecule has 0 saturated heterocycles. The minimum Gasteiger partial charge on any atom is -0.431 e. The Balaban J connectivity index is 1.55. The second-order valence-corrected chi connectivity index (χ2v) is 9.87. The van der Waals surface area contributed by atoms with Crippen molar-refractivity contribution in [3.8, 4) is 5.88 Å². The van der Waals surface area contributed by atoms with E-state index in [2.05, 4.69) is 10.3 Å². The number of unbranched alkanes of at least 4 members (excludes halogenated alkanes) is 1. The minimum absolute atomic E-state index is 0.0477. The Kier molecular flexibility index (Phi) is 9.18. The van der Waals surface area contributed by atoms with Crippen molar-refractivity contribution in [3.63, 3.8) is 0 Å². The number of aromatic nitrogens is 1. The number of hydrogen-bond acceptors (Lipinski definition) is 8. The van der Waals surface area contributed by atoms with Crippen LogP contribution in [0.4, 0.5) is 4.79 Å². The first kappa shape index (κ1) is 26.1. The van der Waals surface area contributed by atoms with Crippen molar-refractivity contribution in [1.82, 2.24) is 15.0 Å². The van der Waals surface area contributed by atoms with E-state index in [-0.39, 0.29) is 28.4 Å². The third kappa shape index (κ3) is 7.78. The Hall–Kier alpha value is -3.47. The van der Waals surface area contributed by atoms with Crippen LogP contribution in [0.25, 0.3) is 0 Å². The smallest absolute Gasteiger partial charge is 0.431 e. The number of rotatable bonds is 9. The van der Waals surface area contributed by atoms with Gasteiger partial charge in [-0.3, -0.25) is 9.59 Å². The Morgan fingerprint density at radius 2 is 1.66 bits per heavy atom. The molecule has 0 atom stereocenters. The number of carbonyl (C=O) groups excluding carboxylic acids is 3. The van der Waals surface area contributed by atoms with Crippen LogP contribution in [0.5, 0.6) is 5.88 Å². The van der Waals surface area contributed by atoms with Gasteiger partial charge in [-0.2, -0.15) is 0 Å². The van der Waals surface area contributed by atoms with Gasteiger partial charge >= 0.3 is 6.16 Å². The highest BCUT2D eigenvalue weighted by Gasteiger charge is 2.21. The summed E-state index contributed by atoms with van der Waals surface area (Å²) < 4.78 is 37.4. The summed E-state index contributed by atoms with van der Waals surface area (Å²) in [6, 6.07) is 7.80. The predicted octanol–water partition coefficient (Wildman–Crippen LogP) is 3.58. The fourth-order valence-electron chi connectivity index (χ4n) is 3.51. The van der Waals surface area contributed by atoms with Crippen LogP contribution in [0.3, 0.4) is 0 Å². The van der Waals surface area contributed by atoms with Crippen molar-refractivity contribution in [1.29, 1.82) is 0 Å². The number of nitrogens with one attached hydrogen (secondary N) is 2. The normalized spacial score (nSPS) is 14.1. The summed E-state index contributed by atoms with van der Waals surface area (Å²) in [5.74, 6) is -1.28. The lowest BCUT2D eigenvalue weighted by Gasteiger charge is -2.20.